The zero-order valence-corrected chi connectivity index (χ0v) is 16.9. The van der Waals surface area contributed by atoms with Crippen LogP contribution in [0.4, 0.5) is 0 Å². The molecule has 138 valence electrons. The molecule has 1 aromatic heterocycles. The second-order valence-corrected chi connectivity index (χ2v) is 8.80. The summed E-state index contributed by atoms with van der Waals surface area (Å²) in [5, 5.41) is 7.58. The third-order valence-electron chi connectivity index (χ3n) is 3.63. The molecule has 0 unspecified atom stereocenters. The molecule has 1 heterocycles. The molecule has 0 aliphatic carbocycles. The lowest BCUT2D eigenvalue weighted by molar-refractivity contribution is 0.424. The van der Waals surface area contributed by atoms with E-state index in [1.165, 1.54) is 15.4 Å². The summed E-state index contributed by atoms with van der Waals surface area (Å²) in [6.07, 6.45) is 2.83. The van der Waals surface area contributed by atoms with Crippen LogP contribution in [0, 0.1) is 13.8 Å². The molecule has 7 nitrogen and oxygen atoms in total. The summed E-state index contributed by atoms with van der Waals surface area (Å²) in [7, 11) is -1.39. The Hall–Kier alpha value is -1.19. The first-order valence-corrected chi connectivity index (χ1v) is 10.8. The van der Waals surface area contributed by atoms with Crippen LogP contribution in [0.25, 0.3) is 0 Å². The van der Waals surface area contributed by atoms with Crippen LogP contribution in [-0.4, -0.2) is 63.1 Å². The molecule has 9 heteroatoms. The highest BCUT2D eigenvalue weighted by Crippen LogP contribution is 2.16. The molecular formula is C15H29N5O2S2. The van der Waals surface area contributed by atoms with E-state index in [4.69, 9.17) is 0 Å². The van der Waals surface area contributed by atoms with Gasteiger partial charge in [0.1, 0.15) is 0 Å². The minimum Gasteiger partial charge on any atom is -0.356 e. The second kappa shape index (κ2) is 9.95. The molecular weight excluding hydrogens is 346 g/mol. The molecule has 0 atom stereocenters. The highest BCUT2D eigenvalue weighted by atomic mass is 32.2. The van der Waals surface area contributed by atoms with Crippen LogP contribution in [-0.2, 0) is 16.4 Å². The maximum atomic E-state index is 11.5. The SMILES string of the molecule is CCN(CCCNC(=NC)NCCc1nc(C)c(C)s1)S(C)(=O)=O. The topological polar surface area (TPSA) is 86.7 Å². The molecule has 2 N–H and O–H groups in total. The van der Waals surface area contributed by atoms with Gasteiger partial charge in [-0.25, -0.2) is 17.7 Å². The van der Waals surface area contributed by atoms with E-state index in [0.717, 1.165) is 36.0 Å². The van der Waals surface area contributed by atoms with E-state index in [2.05, 4.69) is 27.5 Å². The van der Waals surface area contributed by atoms with Gasteiger partial charge in [0.25, 0.3) is 0 Å². The Kier molecular flexibility index (Phi) is 8.65. The fourth-order valence-corrected chi connectivity index (χ4v) is 4.04. The van der Waals surface area contributed by atoms with Crippen LogP contribution >= 0.6 is 11.3 Å². The maximum absolute atomic E-state index is 11.5. The highest BCUT2D eigenvalue weighted by Gasteiger charge is 2.13. The number of rotatable bonds is 9. The van der Waals surface area contributed by atoms with Crippen molar-refractivity contribution in [2.75, 3.05) is 39.5 Å². The minimum absolute atomic E-state index is 0.498. The Morgan fingerprint density at radius 3 is 2.46 bits per heavy atom. The number of sulfonamides is 1. The van der Waals surface area contributed by atoms with E-state index < -0.39 is 10.0 Å². The molecule has 0 aliphatic heterocycles. The lowest BCUT2D eigenvalue weighted by atomic mass is 10.4. The van der Waals surface area contributed by atoms with Gasteiger partial charge in [-0.05, 0) is 20.3 Å². The maximum Gasteiger partial charge on any atom is 0.211 e. The number of aliphatic imine (C=N–C) groups is 1. The largest absolute Gasteiger partial charge is 0.356 e. The van der Waals surface area contributed by atoms with Crippen molar-refractivity contribution >= 4 is 27.3 Å². The van der Waals surface area contributed by atoms with E-state index >= 15 is 0 Å². The Labute approximate surface area is 149 Å². The van der Waals surface area contributed by atoms with Crippen LogP contribution in [0.3, 0.4) is 0 Å². The highest BCUT2D eigenvalue weighted by molar-refractivity contribution is 7.88. The molecule has 0 saturated heterocycles. The van der Waals surface area contributed by atoms with Crippen molar-refractivity contribution in [3.8, 4) is 0 Å². The lowest BCUT2D eigenvalue weighted by Crippen LogP contribution is -2.40. The van der Waals surface area contributed by atoms with Crippen LogP contribution in [0.2, 0.25) is 0 Å². The zero-order valence-electron chi connectivity index (χ0n) is 15.2. The quantitative estimate of drug-likeness (QED) is 0.384. The third-order valence-corrected chi connectivity index (χ3v) is 6.14. The van der Waals surface area contributed by atoms with E-state index in [-0.39, 0.29) is 0 Å². The van der Waals surface area contributed by atoms with Crippen LogP contribution < -0.4 is 10.6 Å². The Balaban J connectivity index is 2.28. The summed E-state index contributed by atoms with van der Waals surface area (Å²) < 4.78 is 24.5. The van der Waals surface area contributed by atoms with Crippen molar-refractivity contribution in [2.45, 2.75) is 33.6 Å². The summed E-state index contributed by atoms with van der Waals surface area (Å²) in [4.78, 5) is 9.95. The van der Waals surface area contributed by atoms with Gasteiger partial charge in [-0.3, -0.25) is 4.99 Å². The predicted octanol–water partition coefficient (Wildman–Crippen LogP) is 1.14. The van der Waals surface area contributed by atoms with E-state index in [9.17, 15) is 8.42 Å². The van der Waals surface area contributed by atoms with Crippen molar-refractivity contribution in [1.29, 1.82) is 0 Å². The van der Waals surface area contributed by atoms with Crippen molar-refractivity contribution in [3.63, 3.8) is 0 Å². The number of nitrogens with one attached hydrogen (secondary N) is 2. The summed E-state index contributed by atoms with van der Waals surface area (Å²) in [5.74, 6) is 0.724. The molecule has 0 aromatic carbocycles. The Morgan fingerprint density at radius 2 is 1.96 bits per heavy atom. The summed E-state index contributed by atoms with van der Waals surface area (Å²) in [6.45, 7) is 8.39. The first-order chi connectivity index (χ1) is 11.3. The van der Waals surface area contributed by atoms with Gasteiger partial charge in [0.05, 0.1) is 17.0 Å². The van der Waals surface area contributed by atoms with Crippen LogP contribution in [0.1, 0.15) is 28.9 Å². The van der Waals surface area contributed by atoms with Gasteiger partial charge in [-0.15, -0.1) is 11.3 Å². The van der Waals surface area contributed by atoms with E-state index in [0.29, 0.717) is 19.6 Å². The van der Waals surface area contributed by atoms with Gasteiger partial charge in [0.15, 0.2) is 5.96 Å². The second-order valence-electron chi connectivity index (χ2n) is 5.53. The molecule has 0 fully saturated rings. The predicted molar refractivity (Wildman–Crippen MR) is 101 cm³/mol. The summed E-state index contributed by atoms with van der Waals surface area (Å²) >= 11 is 1.73. The molecule has 0 spiro atoms. The molecule has 0 bridgehead atoms. The van der Waals surface area contributed by atoms with Crippen molar-refractivity contribution in [3.05, 3.63) is 15.6 Å². The number of hydrogen-bond donors (Lipinski definition) is 2. The molecule has 0 amide bonds. The number of hydrogen-bond acceptors (Lipinski definition) is 5. The molecule has 1 rings (SSSR count). The van der Waals surface area contributed by atoms with Crippen molar-refractivity contribution < 1.29 is 8.42 Å². The smallest absolute Gasteiger partial charge is 0.211 e. The average Bonchev–Trinajstić information content (AvgIpc) is 2.82. The summed E-state index contributed by atoms with van der Waals surface area (Å²) in [5.41, 5.74) is 1.10. The van der Waals surface area contributed by atoms with Crippen LogP contribution in [0.5, 0.6) is 0 Å². The number of guanidine groups is 1. The van der Waals surface area contributed by atoms with Gasteiger partial charge in [-0.1, -0.05) is 6.92 Å². The Morgan fingerprint density at radius 1 is 1.29 bits per heavy atom. The fourth-order valence-electron chi connectivity index (χ4n) is 2.18. The van der Waals surface area contributed by atoms with Crippen LogP contribution in [0.15, 0.2) is 4.99 Å². The van der Waals surface area contributed by atoms with Crippen molar-refractivity contribution in [2.24, 2.45) is 4.99 Å². The average molecular weight is 376 g/mol. The number of aryl methyl sites for hydroxylation is 2. The molecule has 0 aliphatic rings. The number of aromatic nitrogens is 1. The normalized spacial score (nSPS) is 12.7. The van der Waals surface area contributed by atoms with Gasteiger partial charge in [0, 0.05) is 44.5 Å². The first-order valence-electron chi connectivity index (χ1n) is 8.10. The van der Waals surface area contributed by atoms with Gasteiger partial charge < -0.3 is 10.6 Å². The van der Waals surface area contributed by atoms with Gasteiger partial charge in [-0.2, -0.15) is 0 Å². The van der Waals surface area contributed by atoms with Crippen molar-refractivity contribution in [1.82, 2.24) is 19.9 Å². The minimum atomic E-state index is -3.11. The molecule has 24 heavy (non-hydrogen) atoms. The standard InChI is InChI=1S/C15H29N5O2S2/c1-6-20(24(5,21)22)11-7-9-17-15(16-4)18-10-8-14-19-12(2)13(3)23-14/h6-11H2,1-5H3,(H2,16,17,18). The molecule has 0 saturated carbocycles. The number of nitrogens with zero attached hydrogens (tertiary/aromatic N) is 3. The number of thiazole rings is 1. The van der Waals surface area contributed by atoms with Gasteiger partial charge in [0.2, 0.25) is 10.0 Å². The zero-order chi connectivity index (χ0) is 18.2. The fraction of sp³-hybridized carbons (Fsp3) is 0.733. The Bertz CT molecular complexity index is 621. The summed E-state index contributed by atoms with van der Waals surface area (Å²) in [6, 6.07) is 0. The first kappa shape index (κ1) is 20.9. The lowest BCUT2D eigenvalue weighted by Gasteiger charge is -2.18. The molecule has 0 radical (unpaired) electrons. The van der Waals surface area contributed by atoms with E-state index in [1.807, 2.05) is 13.8 Å². The van der Waals surface area contributed by atoms with E-state index in [1.54, 1.807) is 18.4 Å². The molecule has 1 aromatic rings. The monoisotopic (exact) mass is 375 g/mol. The van der Waals surface area contributed by atoms with Gasteiger partial charge >= 0.3 is 0 Å². The third kappa shape index (κ3) is 7.14.